The molecule has 2 aromatic rings. The number of carbonyl (C=O) groups excluding carboxylic acids is 2. The number of hydrogen-bond acceptors (Lipinski definition) is 5. The van der Waals surface area contributed by atoms with Crippen molar-refractivity contribution in [2.75, 3.05) is 19.7 Å². The molecule has 0 saturated carbocycles. The maximum Gasteiger partial charge on any atom is 0.407 e. The van der Waals surface area contributed by atoms with Gasteiger partial charge in [-0.15, -0.1) is 0 Å². The Morgan fingerprint density at radius 3 is 2.29 bits per heavy atom. The van der Waals surface area contributed by atoms with Gasteiger partial charge >= 0.3 is 12.1 Å². The van der Waals surface area contributed by atoms with E-state index in [1.807, 2.05) is 24.3 Å². The number of carbonyl (C=O) groups is 3. The van der Waals surface area contributed by atoms with Gasteiger partial charge < -0.3 is 25.2 Å². The van der Waals surface area contributed by atoms with Crippen LogP contribution in [0.25, 0.3) is 11.1 Å². The second-order valence-corrected chi connectivity index (χ2v) is 8.85. The van der Waals surface area contributed by atoms with E-state index in [0.717, 1.165) is 11.1 Å². The quantitative estimate of drug-likeness (QED) is 0.523. The Morgan fingerprint density at radius 1 is 1.03 bits per heavy atom. The van der Waals surface area contributed by atoms with Gasteiger partial charge in [-0.3, -0.25) is 4.79 Å². The van der Waals surface area contributed by atoms with Gasteiger partial charge in [0.1, 0.15) is 6.61 Å². The second-order valence-electron chi connectivity index (χ2n) is 8.85. The van der Waals surface area contributed by atoms with Crippen molar-refractivity contribution in [2.45, 2.75) is 44.3 Å². The number of carboxylic acids is 1. The SMILES string of the molecule is CC(CCNC(=O)OCC1c2ccccc2-c2ccccc21)C(=O)NCC1CCC(C(=O)O)O1. The fourth-order valence-corrected chi connectivity index (χ4v) is 4.60. The van der Waals surface area contributed by atoms with Crippen LogP contribution in [-0.2, 0) is 19.1 Å². The third-order valence-corrected chi connectivity index (χ3v) is 6.52. The minimum absolute atomic E-state index is 0.00128. The average Bonchev–Trinajstić information content (AvgIpc) is 3.44. The molecule has 1 heterocycles. The standard InChI is InChI=1S/C26H30N2O6/c1-16(24(29)28-14-17-10-11-23(34-17)25(30)31)12-13-27-26(32)33-15-22-20-8-4-2-6-18(20)19-7-3-5-9-21(19)22/h2-9,16-17,22-23H,10-15H2,1H3,(H,27,32)(H,28,29)(H,30,31). The minimum Gasteiger partial charge on any atom is -0.479 e. The van der Waals surface area contributed by atoms with E-state index < -0.39 is 18.2 Å². The Labute approximate surface area is 198 Å². The molecule has 1 fully saturated rings. The number of ether oxygens (including phenoxy) is 2. The highest BCUT2D eigenvalue weighted by Gasteiger charge is 2.31. The number of benzene rings is 2. The summed E-state index contributed by atoms with van der Waals surface area (Å²) in [5.41, 5.74) is 4.66. The van der Waals surface area contributed by atoms with Gasteiger partial charge in [-0.25, -0.2) is 9.59 Å². The lowest BCUT2D eigenvalue weighted by Gasteiger charge is -2.16. The number of nitrogens with one attached hydrogen (secondary N) is 2. The van der Waals surface area contributed by atoms with E-state index in [2.05, 4.69) is 34.9 Å². The van der Waals surface area contributed by atoms with Crippen LogP contribution in [0, 0.1) is 5.92 Å². The van der Waals surface area contributed by atoms with E-state index in [9.17, 15) is 14.4 Å². The molecule has 0 spiro atoms. The van der Waals surface area contributed by atoms with Crippen LogP contribution in [0.15, 0.2) is 48.5 Å². The lowest BCUT2D eigenvalue weighted by molar-refractivity contribution is -0.149. The number of amides is 2. The van der Waals surface area contributed by atoms with Gasteiger partial charge in [0, 0.05) is 24.9 Å². The highest BCUT2D eigenvalue weighted by Crippen LogP contribution is 2.44. The summed E-state index contributed by atoms with van der Waals surface area (Å²) in [6.45, 7) is 2.62. The number of alkyl carbamates (subject to hydrolysis) is 1. The maximum absolute atomic E-state index is 12.3. The Balaban J connectivity index is 1.17. The van der Waals surface area contributed by atoms with Crippen LogP contribution in [0.2, 0.25) is 0 Å². The van der Waals surface area contributed by atoms with Crippen LogP contribution >= 0.6 is 0 Å². The summed E-state index contributed by atoms with van der Waals surface area (Å²) in [5.74, 6) is -1.44. The first-order chi connectivity index (χ1) is 16.4. The van der Waals surface area contributed by atoms with E-state index in [4.69, 9.17) is 14.6 Å². The molecule has 2 aromatic carbocycles. The highest BCUT2D eigenvalue weighted by atomic mass is 16.5. The molecule has 8 heteroatoms. The Hall–Kier alpha value is -3.39. The van der Waals surface area contributed by atoms with Crippen molar-refractivity contribution in [1.82, 2.24) is 10.6 Å². The molecule has 3 unspecified atom stereocenters. The maximum atomic E-state index is 12.3. The molecule has 2 aliphatic rings. The Kier molecular flexibility index (Phi) is 7.47. The fraction of sp³-hybridized carbons (Fsp3) is 0.423. The van der Waals surface area contributed by atoms with Crippen LogP contribution in [0.3, 0.4) is 0 Å². The lowest BCUT2D eigenvalue weighted by Crippen LogP contribution is -2.37. The van der Waals surface area contributed by atoms with E-state index in [0.29, 0.717) is 25.8 Å². The van der Waals surface area contributed by atoms with Crippen molar-refractivity contribution in [1.29, 1.82) is 0 Å². The van der Waals surface area contributed by atoms with Crippen LogP contribution in [0.4, 0.5) is 4.79 Å². The number of carboxylic acid groups (broad SMARTS) is 1. The number of rotatable bonds is 9. The predicted molar refractivity (Wildman–Crippen MR) is 125 cm³/mol. The molecule has 0 bridgehead atoms. The summed E-state index contributed by atoms with van der Waals surface area (Å²) in [6, 6.07) is 16.3. The van der Waals surface area contributed by atoms with Gasteiger partial charge in [0.05, 0.1) is 6.10 Å². The van der Waals surface area contributed by atoms with E-state index in [-0.39, 0.29) is 37.0 Å². The monoisotopic (exact) mass is 466 g/mol. The topological polar surface area (TPSA) is 114 Å². The number of hydrogen-bond donors (Lipinski definition) is 3. The predicted octanol–water partition coefficient (Wildman–Crippen LogP) is 3.30. The smallest absolute Gasteiger partial charge is 0.407 e. The zero-order chi connectivity index (χ0) is 24.1. The molecule has 3 N–H and O–H groups in total. The van der Waals surface area contributed by atoms with Crippen LogP contribution < -0.4 is 10.6 Å². The van der Waals surface area contributed by atoms with Gasteiger partial charge in [-0.2, -0.15) is 0 Å². The third-order valence-electron chi connectivity index (χ3n) is 6.52. The second kappa shape index (κ2) is 10.7. The van der Waals surface area contributed by atoms with Crippen molar-refractivity contribution < 1.29 is 29.0 Å². The first-order valence-corrected chi connectivity index (χ1v) is 11.7. The van der Waals surface area contributed by atoms with Crippen LogP contribution in [0.1, 0.15) is 43.2 Å². The molecule has 0 aromatic heterocycles. The Morgan fingerprint density at radius 2 is 1.68 bits per heavy atom. The summed E-state index contributed by atoms with van der Waals surface area (Å²) in [7, 11) is 0. The van der Waals surface area contributed by atoms with Gasteiger partial charge in [-0.1, -0.05) is 55.5 Å². The zero-order valence-electron chi connectivity index (χ0n) is 19.2. The molecular weight excluding hydrogens is 436 g/mol. The van der Waals surface area contributed by atoms with E-state index >= 15 is 0 Å². The first-order valence-electron chi connectivity index (χ1n) is 11.7. The number of fused-ring (bicyclic) bond motifs is 3. The molecule has 1 aliphatic heterocycles. The molecule has 1 aliphatic carbocycles. The molecule has 34 heavy (non-hydrogen) atoms. The summed E-state index contributed by atoms with van der Waals surface area (Å²) in [6.07, 6.45) is -0.0607. The molecule has 1 saturated heterocycles. The highest BCUT2D eigenvalue weighted by molar-refractivity contribution is 5.79. The van der Waals surface area contributed by atoms with Crippen molar-refractivity contribution in [2.24, 2.45) is 5.92 Å². The minimum atomic E-state index is -0.971. The molecule has 180 valence electrons. The van der Waals surface area contributed by atoms with E-state index in [1.54, 1.807) is 6.92 Å². The summed E-state index contributed by atoms with van der Waals surface area (Å²) in [5, 5.41) is 14.5. The molecule has 3 atom stereocenters. The fourth-order valence-electron chi connectivity index (χ4n) is 4.60. The number of aliphatic carboxylic acids is 1. The van der Waals surface area contributed by atoms with E-state index in [1.165, 1.54) is 11.1 Å². The molecule has 0 radical (unpaired) electrons. The van der Waals surface area contributed by atoms with Crippen LogP contribution in [-0.4, -0.2) is 55.0 Å². The molecule has 8 nitrogen and oxygen atoms in total. The molecule has 4 rings (SSSR count). The van der Waals surface area contributed by atoms with Gasteiger partial charge in [0.2, 0.25) is 5.91 Å². The van der Waals surface area contributed by atoms with Gasteiger partial charge in [-0.05, 0) is 41.5 Å². The zero-order valence-corrected chi connectivity index (χ0v) is 19.2. The van der Waals surface area contributed by atoms with Crippen molar-refractivity contribution in [3.05, 3.63) is 59.7 Å². The summed E-state index contributed by atoms with van der Waals surface area (Å²) in [4.78, 5) is 35.5. The van der Waals surface area contributed by atoms with Gasteiger partial charge in [0.25, 0.3) is 0 Å². The summed E-state index contributed by atoms with van der Waals surface area (Å²) >= 11 is 0. The van der Waals surface area contributed by atoms with Gasteiger partial charge in [0.15, 0.2) is 6.10 Å². The average molecular weight is 467 g/mol. The largest absolute Gasteiger partial charge is 0.479 e. The summed E-state index contributed by atoms with van der Waals surface area (Å²) < 4.78 is 10.9. The third kappa shape index (κ3) is 5.39. The lowest BCUT2D eigenvalue weighted by atomic mass is 9.98. The molecular formula is C26H30N2O6. The Bertz CT molecular complexity index is 1010. The van der Waals surface area contributed by atoms with Crippen molar-refractivity contribution in [3.8, 4) is 11.1 Å². The molecule has 2 amide bonds. The first kappa shape index (κ1) is 23.8. The van der Waals surface area contributed by atoms with Crippen molar-refractivity contribution in [3.63, 3.8) is 0 Å². The van der Waals surface area contributed by atoms with Crippen molar-refractivity contribution >= 4 is 18.0 Å². The normalized spacial score (nSPS) is 19.7. The van der Waals surface area contributed by atoms with Crippen LogP contribution in [0.5, 0.6) is 0 Å².